The lowest BCUT2D eigenvalue weighted by molar-refractivity contribution is 0.122. The fourth-order valence-corrected chi connectivity index (χ4v) is 2.86. The number of nitrogen functional groups attached to an aromatic ring is 1. The molecule has 1 fully saturated rings. The molecular weight excluding hydrogens is 322 g/mol. The van der Waals surface area contributed by atoms with Gasteiger partial charge in [-0.25, -0.2) is 0 Å². The molecule has 8 nitrogen and oxygen atoms in total. The molecule has 4 N–H and O–H groups in total. The SMILES string of the molecule is N#Cc1c(N)[nH]c(=O)c(C#N)c1-c1ccc(N2CCOCC2)cc1O. The number of nitrogens with one attached hydrogen (secondary N) is 1. The van der Waals surface area contributed by atoms with Crippen LogP contribution in [0.2, 0.25) is 0 Å². The third-order valence-electron chi connectivity index (χ3n) is 4.10. The summed E-state index contributed by atoms with van der Waals surface area (Å²) in [6, 6.07) is 8.55. The van der Waals surface area contributed by atoms with Crippen LogP contribution in [0.15, 0.2) is 23.0 Å². The Balaban J connectivity index is 2.16. The van der Waals surface area contributed by atoms with E-state index in [2.05, 4.69) is 9.88 Å². The van der Waals surface area contributed by atoms with Gasteiger partial charge in [0.05, 0.1) is 13.2 Å². The lowest BCUT2D eigenvalue weighted by atomic mass is 9.95. The van der Waals surface area contributed by atoms with Crippen molar-refractivity contribution in [3.63, 3.8) is 0 Å². The zero-order valence-electron chi connectivity index (χ0n) is 13.2. The van der Waals surface area contributed by atoms with Gasteiger partial charge in [-0.05, 0) is 12.1 Å². The van der Waals surface area contributed by atoms with Crippen LogP contribution < -0.4 is 16.2 Å². The van der Waals surface area contributed by atoms with Gasteiger partial charge in [-0.3, -0.25) is 4.79 Å². The molecule has 0 aliphatic carbocycles. The first-order valence-electron chi connectivity index (χ1n) is 7.59. The number of morpholine rings is 1. The molecule has 1 aromatic carbocycles. The van der Waals surface area contributed by atoms with Crippen molar-refractivity contribution >= 4 is 11.5 Å². The first-order valence-corrected chi connectivity index (χ1v) is 7.59. The Bertz CT molecular complexity index is 962. The van der Waals surface area contributed by atoms with Gasteiger partial charge in [-0.2, -0.15) is 10.5 Å². The maximum atomic E-state index is 12.0. The summed E-state index contributed by atoms with van der Waals surface area (Å²) in [5.41, 5.74) is 5.72. The molecule has 2 aromatic rings. The molecule has 1 aliphatic heterocycles. The molecule has 0 atom stereocenters. The minimum Gasteiger partial charge on any atom is -0.507 e. The van der Waals surface area contributed by atoms with E-state index in [1.165, 1.54) is 0 Å². The molecule has 0 spiro atoms. The average Bonchev–Trinajstić information content (AvgIpc) is 2.62. The fourth-order valence-electron chi connectivity index (χ4n) is 2.86. The van der Waals surface area contributed by atoms with E-state index in [0.29, 0.717) is 26.3 Å². The van der Waals surface area contributed by atoms with Crippen LogP contribution in [0, 0.1) is 22.7 Å². The average molecular weight is 337 g/mol. The lowest BCUT2D eigenvalue weighted by Crippen LogP contribution is -2.36. The summed E-state index contributed by atoms with van der Waals surface area (Å²) in [6.07, 6.45) is 0. The zero-order chi connectivity index (χ0) is 18.0. The predicted molar refractivity (Wildman–Crippen MR) is 91.0 cm³/mol. The number of benzene rings is 1. The number of anilines is 2. The molecule has 3 rings (SSSR count). The molecule has 0 unspecified atom stereocenters. The Morgan fingerprint density at radius 2 is 1.88 bits per heavy atom. The molecule has 1 aromatic heterocycles. The number of hydrogen-bond donors (Lipinski definition) is 3. The molecule has 25 heavy (non-hydrogen) atoms. The van der Waals surface area contributed by atoms with E-state index in [-0.39, 0.29) is 33.8 Å². The number of phenolic OH excluding ortho intramolecular Hbond substituents is 1. The highest BCUT2D eigenvalue weighted by atomic mass is 16.5. The molecular formula is C17H15N5O3. The van der Waals surface area contributed by atoms with Gasteiger partial charge in [0.1, 0.15) is 34.8 Å². The van der Waals surface area contributed by atoms with Gasteiger partial charge in [0, 0.05) is 36.0 Å². The second kappa shape index (κ2) is 6.56. The number of pyridine rings is 1. The zero-order valence-corrected chi connectivity index (χ0v) is 13.2. The van der Waals surface area contributed by atoms with Crippen LogP contribution in [0.25, 0.3) is 11.1 Å². The maximum Gasteiger partial charge on any atom is 0.268 e. The number of aromatic nitrogens is 1. The van der Waals surface area contributed by atoms with Crippen LogP contribution in [-0.4, -0.2) is 36.4 Å². The molecule has 0 saturated carbocycles. The van der Waals surface area contributed by atoms with Gasteiger partial charge < -0.3 is 25.5 Å². The van der Waals surface area contributed by atoms with Crippen LogP contribution in [0.3, 0.4) is 0 Å². The predicted octanol–water partition coefficient (Wildman–Crippen LogP) is 0.910. The molecule has 0 bridgehead atoms. The van der Waals surface area contributed by atoms with Crippen molar-refractivity contribution < 1.29 is 9.84 Å². The highest BCUT2D eigenvalue weighted by molar-refractivity contribution is 5.84. The van der Waals surface area contributed by atoms with Crippen molar-refractivity contribution in [2.45, 2.75) is 0 Å². The number of aromatic amines is 1. The minimum atomic E-state index is -0.703. The van der Waals surface area contributed by atoms with Crippen LogP contribution in [-0.2, 0) is 4.74 Å². The van der Waals surface area contributed by atoms with Crippen molar-refractivity contribution in [1.29, 1.82) is 10.5 Å². The van der Waals surface area contributed by atoms with Crippen molar-refractivity contribution in [3.8, 4) is 29.0 Å². The third-order valence-corrected chi connectivity index (χ3v) is 4.10. The van der Waals surface area contributed by atoms with Crippen molar-refractivity contribution in [2.24, 2.45) is 0 Å². The van der Waals surface area contributed by atoms with Gasteiger partial charge in [-0.1, -0.05) is 0 Å². The second-order valence-electron chi connectivity index (χ2n) is 5.52. The number of phenols is 1. The second-order valence-corrected chi connectivity index (χ2v) is 5.52. The van der Waals surface area contributed by atoms with Crippen LogP contribution >= 0.6 is 0 Å². The van der Waals surface area contributed by atoms with E-state index in [1.807, 2.05) is 6.07 Å². The maximum absolute atomic E-state index is 12.0. The summed E-state index contributed by atoms with van der Waals surface area (Å²) in [7, 11) is 0. The van der Waals surface area contributed by atoms with Crippen LogP contribution in [0.4, 0.5) is 11.5 Å². The number of nitrogens with zero attached hydrogens (tertiary/aromatic N) is 3. The number of hydrogen-bond acceptors (Lipinski definition) is 7. The molecule has 1 saturated heterocycles. The van der Waals surface area contributed by atoms with Crippen molar-refractivity contribution in [1.82, 2.24) is 4.98 Å². The van der Waals surface area contributed by atoms with Gasteiger partial charge in [0.25, 0.3) is 5.56 Å². The third kappa shape index (κ3) is 2.87. The molecule has 8 heteroatoms. The molecule has 1 aliphatic rings. The monoisotopic (exact) mass is 337 g/mol. The first kappa shape index (κ1) is 16.4. The summed E-state index contributed by atoms with van der Waals surface area (Å²) in [6.45, 7) is 2.60. The number of H-pyrrole nitrogens is 1. The Morgan fingerprint density at radius 3 is 2.48 bits per heavy atom. The van der Waals surface area contributed by atoms with Crippen molar-refractivity contribution in [3.05, 3.63) is 39.7 Å². The standard InChI is InChI=1S/C17H15N5O3/c18-8-12-15(13(9-19)17(24)21-16(12)20)11-2-1-10(7-14(11)23)22-3-5-25-6-4-22/h1-2,7,23H,3-6H2,(H3,20,21,24). The van der Waals surface area contributed by atoms with Gasteiger partial charge in [0.15, 0.2) is 0 Å². The molecule has 126 valence electrons. The van der Waals surface area contributed by atoms with Gasteiger partial charge >= 0.3 is 0 Å². The lowest BCUT2D eigenvalue weighted by Gasteiger charge is -2.29. The highest BCUT2D eigenvalue weighted by Crippen LogP contribution is 2.36. The normalized spacial score (nSPS) is 13.9. The summed E-state index contributed by atoms with van der Waals surface area (Å²) < 4.78 is 5.30. The molecule has 2 heterocycles. The summed E-state index contributed by atoms with van der Waals surface area (Å²) in [5.74, 6) is -0.278. The van der Waals surface area contributed by atoms with E-state index in [1.54, 1.807) is 24.3 Å². The Morgan fingerprint density at radius 1 is 1.20 bits per heavy atom. The van der Waals surface area contributed by atoms with E-state index in [4.69, 9.17) is 10.5 Å². The molecule has 0 radical (unpaired) electrons. The number of nitrogens with two attached hydrogens (primary N) is 1. The van der Waals surface area contributed by atoms with E-state index >= 15 is 0 Å². The minimum absolute atomic E-state index is 0.0391. The van der Waals surface area contributed by atoms with Crippen LogP contribution in [0.1, 0.15) is 11.1 Å². The van der Waals surface area contributed by atoms with E-state index in [0.717, 1.165) is 5.69 Å². The Kier molecular flexibility index (Phi) is 4.29. The van der Waals surface area contributed by atoms with Gasteiger partial charge in [-0.15, -0.1) is 0 Å². The van der Waals surface area contributed by atoms with E-state index in [9.17, 15) is 20.4 Å². The quantitative estimate of drug-likeness (QED) is 0.740. The Labute approximate surface area is 143 Å². The fraction of sp³-hybridized carbons (Fsp3) is 0.235. The number of nitriles is 2. The first-order chi connectivity index (χ1) is 12.1. The van der Waals surface area contributed by atoms with Crippen molar-refractivity contribution in [2.75, 3.05) is 36.9 Å². The summed E-state index contributed by atoms with van der Waals surface area (Å²) >= 11 is 0. The number of ether oxygens (including phenoxy) is 1. The topological polar surface area (TPSA) is 139 Å². The van der Waals surface area contributed by atoms with Gasteiger partial charge in [0.2, 0.25) is 0 Å². The molecule has 0 amide bonds. The smallest absolute Gasteiger partial charge is 0.268 e. The summed E-state index contributed by atoms with van der Waals surface area (Å²) in [5, 5.41) is 29.1. The van der Waals surface area contributed by atoms with Crippen LogP contribution in [0.5, 0.6) is 5.75 Å². The largest absolute Gasteiger partial charge is 0.507 e. The van der Waals surface area contributed by atoms with E-state index < -0.39 is 5.56 Å². The summed E-state index contributed by atoms with van der Waals surface area (Å²) in [4.78, 5) is 16.3. The Hall–Kier alpha value is -3.49. The number of aromatic hydroxyl groups is 1. The number of rotatable bonds is 2. The highest BCUT2D eigenvalue weighted by Gasteiger charge is 2.21.